The topological polar surface area (TPSA) is 67.3 Å². The number of sulfone groups is 1. The summed E-state index contributed by atoms with van der Waals surface area (Å²) in [6.07, 6.45) is 1.90. The Balaban J connectivity index is 1.79. The number of pyridine rings is 1. The lowest BCUT2D eigenvalue weighted by Gasteiger charge is -2.30. The van der Waals surface area contributed by atoms with Crippen molar-refractivity contribution in [2.24, 2.45) is 5.92 Å². The van der Waals surface area contributed by atoms with Gasteiger partial charge in [-0.3, -0.25) is 4.79 Å². The molecule has 2 aromatic rings. The average Bonchev–Trinajstić information content (AvgIpc) is 2.62. The van der Waals surface area contributed by atoms with Gasteiger partial charge in [-0.2, -0.15) is 0 Å². The molecule has 1 fully saturated rings. The van der Waals surface area contributed by atoms with E-state index in [0.29, 0.717) is 19.0 Å². The molecule has 1 saturated heterocycles. The highest BCUT2D eigenvalue weighted by molar-refractivity contribution is 7.90. The van der Waals surface area contributed by atoms with Crippen LogP contribution < -0.4 is 0 Å². The highest BCUT2D eigenvalue weighted by Crippen LogP contribution is 2.20. The molecule has 138 valence electrons. The highest BCUT2D eigenvalue weighted by atomic mass is 32.2. The number of hydrogen-bond donors (Lipinski definition) is 0. The summed E-state index contributed by atoms with van der Waals surface area (Å²) >= 11 is 0. The Morgan fingerprint density at radius 3 is 2.54 bits per heavy atom. The van der Waals surface area contributed by atoms with Gasteiger partial charge in [0.25, 0.3) is 5.91 Å². The molecule has 0 spiro atoms. The number of halogens is 1. The third kappa shape index (κ3) is 4.09. The number of carbonyl (C=O) groups is 1. The number of aromatic nitrogens is 1. The van der Waals surface area contributed by atoms with Crippen molar-refractivity contribution in [2.45, 2.75) is 30.4 Å². The second-order valence-electron chi connectivity index (χ2n) is 6.68. The Bertz CT molecular complexity index is 907. The van der Waals surface area contributed by atoms with Gasteiger partial charge in [-0.25, -0.2) is 17.8 Å². The summed E-state index contributed by atoms with van der Waals surface area (Å²) in [6, 6.07) is 9.98. The zero-order valence-corrected chi connectivity index (χ0v) is 15.4. The van der Waals surface area contributed by atoms with Crippen LogP contribution in [0.3, 0.4) is 0 Å². The number of benzene rings is 1. The van der Waals surface area contributed by atoms with Gasteiger partial charge in [0.2, 0.25) is 0 Å². The first-order valence-corrected chi connectivity index (χ1v) is 10.2. The smallest absolute Gasteiger partial charge is 0.272 e. The molecule has 1 aromatic carbocycles. The Morgan fingerprint density at radius 1 is 1.15 bits per heavy atom. The third-order valence-corrected chi connectivity index (χ3v) is 6.28. The molecule has 2 heterocycles. The molecule has 26 heavy (non-hydrogen) atoms. The number of hydrogen-bond acceptors (Lipinski definition) is 4. The van der Waals surface area contributed by atoms with Crippen LogP contribution in [0.15, 0.2) is 47.4 Å². The summed E-state index contributed by atoms with van der Waals surface area (Å²) in [5.74, 6) is -0.833. The molecule has 7 heteroatoms. The molecular weight excluding hydrogens is 355 g/mol. The number of amides is 1. The largest absolute Gasteiger partial charge is 0.337 e. The van der Waals surface area contributed by atoms with Crippen LogP contribution in [0.1, 0.15) is 35.9 Å². The summed E-state index contributed by atoms with van der Waals surface area (Å²) in [5, 5.41) is 0. The number of carbonyl (C=O) groups excluding carboxylic acids is 1. The Labute approximate surface area is 152 Å². The molecule has 0 atom stereocenters. The van der Waals surface area contributed by atoms with Crippen molar-refractivity contribution in [3.05, 3.63) is 59.7 Å². The van der Waals surface area contributed by atoms with Crippen molar-refractivity contribution in [3.63, 3.8) is 0 Å². The number of likely N-dealkylation sites (tertiary alicyclic amines) is 1. The second-order valence-corrected chi connectivity index (χ2v) is 8.64. The molecule has 0 radical (unpaired) electrons. The van der Waals surface area contributed by atoms with Gasteiger partial charge in [-0.1, -0.05) is 25.1 Å². The van der Waals surface area contributed by atoms with Gasteiger partial charge in [0, 0.05) is 13.1 Å². The second kappa shape index (κ2) is 7.53. The summed E-state index contributed by atoms with van der Waals surface area (Å²) in [4.78, 5) is 18.2. The summed E-state index contributed by atoms with van der Waals surface area (Å²) in [6.45, 7) is 3.52. The van der Waals surface area contributed by atoms with Crippen molar-refractivity contribution < 1.29 is 17.6 Å². The molecule has 0 bridgehead atoms. The van der Waals surface area contributed by atoms with E-state index in [-0.39, 0.29) is 22.2 Å². The summed E-state index contributed by atoms with van der Waals surface area (Å²) in [7, 11) is -3.88. The minimum absolute atomic E-state index is 0.193. The minimum Gasteiger partial charge on any atom is -0.337 e. The minimum atomic E-state index is -3.88. The number of nitrogens with zero attached hydrogens (tertiary/aromatic N) is 2. The van der Waals surface area contributed by atoms with Gasteiger partial charge in [-0.15, -0.1) is 0 Å². The van der Waals surface area contributed by atoms with E-state index >= 15 is 0 Å². The van der Waals surface area contributed by atoms with E-state index in [4.69, 9.17) is 0 Å². The standard InChI is InChI=1S/C19H21FN2O3S/c1-14-9-11-22(12-10-14)19(23)17-7-4-5-15(21-17)13-26(24,25)18-8-3-2-6-16(18)20/h2-8,14H,9-13H2,1H3. The fourth-order valence-corrected chi connectivity index (χ4v) is 4.38. The fourth-order valence-electron chi connectivity index (χ4n) is 3.02. The van der Waals surface area contributed by atoms with Crippen molar-refractivity contribution in [1.82, 2.24) is 9.88 Å². The Morgan fingerprint density at radius 2 is 1.85 bits per heavy atom. The Kier molecular flexibility index (Phi) is 5.36. The summed E-state index contributed by atoms with van der Waals surface area (Å²) in [5.41, 5.74) is 0.449. The average molecular weight is 376 g/mol. The van der Waals surface area contributed by atoms with Gasteiger partial charge < -0.3 is 4.90 Å². The first-order valence-electron chi connectivity index (χ1n) is 8.59. The first kappa shape index (κ1) is 18.5. The SMILES string of the molecule is CC1CCN(C(=O)c2cccc(CS(=O)(=O)c3ccccc3F)n2)CC1. The van der Waals surface area contributed by atoms with Crippen molar-refractivity contribution in [1.29, 1.82) is 0 Å². The van der Waals surface area contributed by atoms with E-state index in [1.807, 2.05) is 0 Å². The fraction of sp³-hybridized carbons (Fsp3) is 0.368. The Hall–Kier alpha value is -2.28. The molecule has 1 aliphatic rings. The maximum absolute atomic E-state index is 13.8. The van der Waals surface area contributed by atoms with Crippen molar-refractivity contribution in [2.75, 3.05) is 13.1 Å². The molecule has 1 amide bonds. The normalized spacial score (nSPS) is 15.8. The maximum atomic E-state index is 13.8. The number of rotatable bonds is 4. The van der Waals surface area contributed by atoms with Crippen LogP contribution in [0.25, 0.3) is 0 Å². The molecule has 5 nitrogen and oxygen atoms in total. The van der Waals surface area contributed by atoms with Crippen LogP contribution in [0.2, 0.25) is 0 Å². The zero-order chi connectivity index (χ0) is 18.7. The van der Waals surface area contributed by atoms with Crippen molar-refractivity contribution >= 4 is 15.7 Å². The first-order chi connectivity index (χ1) is 12.4. The van der Waals surface area contributed by atoms with Crippen LogP contribution in [0.4, 0.5) is 4.39 Å². The predicted molar refractivity (Wildman–Crippen MR) is 95.8 cm³/mol. The van der Waals surface area contributed by atoms with E-state index in [1.54, 1.807) is 17.0 Å². The zero-order valence-electron chi connectivity index (χ0n) is 14.6. The molecular formula is C19H21FN2O3S. The lowest BCUT2D eigenvalue weighted by atomic mass is 9.99. The van der Waals surface area contributed by atoms with Gasteiger partial charge in [0.1, 0.15) is 16.4 Å². The molecule has 1 aromatic heterocycles. The molecule has 0 saturated carbocycles. The van der Waals surface area contributed by atoms with Gasteiger partial charge in [-0.05, 0) is 43.0 Å². The molecule has 3 rings (SSSR count). The van der Waals surface area contributed by atoms with E-state index < -0.39 is 21.4 Å². The molecule has 0 unspecified atom stereocenters. The molecule has 1 aliphatic heterocycles. The van der Waals surface area contributed by atoms with E-state index in [0.717, 1.165) is 18.9 Å². The monoisotopic (exact) mass is 376 g/mol. The number of piperidine rings is 1. The lowest BCUT2D eigenvalue weighted by molar-refractivity contribution is 0.0691. The van der Waals surface area contributed by atoms with Crippen LogP contribution in [-0.4, -0.2) is 37.3 Å². The lowest BCUT2D eigenvalue weighted by Crippen LogP contribution is -2.38. The van der Waals surface area contributed by atoms with Crippen LogP contribution in [0.5, 0.6) is 0 Å². The quantitative estimate of drug-likeness (QED) is 0.822. The van der Waals surface area contributed by atoms with E-state index in [2.05, 4.69) is 11.9 Å². The van der Waals surface area contributed by atoms with E-state index in [9.17, 15) is 17.6 Å². The molecule has 0 N–H and O–H groups in total. The van der Waals surface area contributed by atoms with Crippen LogP contribution in [-0.2, 0) is 15.6 Å². The third-order valence-electron chi connectivity index (χ3n) is 4.61. The van der Waals surface area contributed by atoms with Crippen LogP contribution in [0, 0.1) is 11.7 Å². The summed E-state index contributed by atoms with van der Waals surface area (Å²) < 4.78 is 38.7. The van der Waals surface area contributed by atoms with Gasteiger partial charge in [0.05, 0.1) is 11.4 Å². The predicted octanol–water partition coefficient (Wildman–Crippen LogP) is 3.07. The maximum Gasteiger partial charge on any atom is 0.272 e. The van der Waals surface area contributed by atoms with Crippen LogP contribution >= 0.6 is 0 Å². The van der Waals surface area contributed by atoms with E-state index in [1.165, 1.54) is 24.3 Å². The molecule has 0 aliphatic carbocycles. The van der Waals surface area contributed by atoms with Crippen molar-refractivity contribution in [3.8, 4) is 0 Å². The highest BCUT2D eigenvalue weighted by Gasteiger charge is 2.24. The van der Waals surface area contributed by atoms with Gasteiger partial charge >= 0.3 is 0 Å². The van der Waals surface area contributed by atoms with Gasteiger partial charge in [0.15, 0.2) is 9.84 Å².